The van der Waals surface area contributed by atoms with Crippen molar-refractivity contribution in [2.45, 2.75) is 50.1 Å². The highest BCUT2D eigenvalue weighted by atomic mass is 16.5. The molecule has 4 rings (SSSR count). The number of fused-ring (bicyclic) bond motifs is 3. The smallest absolute Gasteiger partial charge is 0.407 e. The second kappa shape index (κ2) is 8.65. The summed E-state index contributed by atoms with van der Waals surface area (Å²) in [5, 5.41) is 12.2. The average molecular weight is 437 g/mol. The Kier molecular flexibility index (Phi) is 5.91. The molecule has 2 aromatic rings. The standard InChI is InChI=1S/C25H28N2O5/c1-3-16(14-22(28)27(2)25(12-13-25)23(29)30)26-24(31)32-15-21-19-10-6-4-8-17(19)18-9-5-7-11-20(18)21/h4-11,16,21H,3,12-15H2,1-2H3,(H,26,31)(H,29,30)/t16-/m1/s1. The average Bonchev–Trinajstić information content (AvgIpc) is 3.55. The summed E-state index contributed by atoms with van der Waals surface area (Å²) in [5.41, 5.74) is 3.50. The van der Waals surface area contributed by atoms with Gasteiger partial charge in [-0.2, -0.15) is 0 Å². The molecule has 1 saturated carbocycles. The number of carboxylic acids is 1. The molecule has 0 aliphatic heterocycles. The first-order valence-corrected chi connectivity index (χ1v) is 11.0. The molecule has 0 unspecified atom stereocenters. The van der Waals surface area contributed by atoms with Gasteiger partial charge in [-0.05, 0) is 41.5 Å². The van der Waals surface area contributed by atoms with Crippen LogP contribution in [0.4, 0.5) is 4.79 Å². The van der Waals surface area contributed by atoms with Crippen molar-refractivity contribution >= 4 is 18.0 Å². The zero-order valence-corrected chi connectivity index (χ0v) is 18.3. The molecule has 0 radical (unpaired) electrons. The van der Waals surface area contributed by atoms with Crippen LogP contribution in [0.3, 0.4) is 0 Å². The summed E-state index contributed by atoms with van der Waals surface area (Å²) in [6.45, 7) is 2.07. The van der Waals surface area contributed by atoms with Gasteiger partial charge in [-0.15, -0.1) is 0 Å². The molecule has 32 heavy (non-hydrogen) atoms. The second-order valence-corrected chi connectivity index (χ2v) is 8.57. The third-order valence-electron chi connectivity index (χ3n) is 6.72. The number of nitrogens with zero attached hydrogens (tertiary/aromatic N) is 1. The van der Waals surface area contributed by atoms with E-state index in [4.69, 9.17) is 4.74 Å². The van der Waals surface area contributed by atoms with Crippen LogP contribution < -0.4 is 5.32 Å². The molecule has 2 amide bonds. The number of carboxylic acid groups (broad SMARTS) is 1. The zero-order valence-electron chi connectivity index (χ0n) is 18.3. The third-order valence-corrected chi connectivity index (χ3v) is 6.72. The summed E-state index contributed by atoms with van der Waals surface area (Å²) in [7, 11) is 1.52. The molecule has 1 fully saturated rings. The monoisotopic (exact) mass is 436 g/mol. The number of benzene rings is 2. The fourth-order valence-electron chi connectivity index (χ4n) is 4.50. The first-order chi connectivity index (χ1) is 15.4. The van der Waals surface area contributed by atoms with Gasteiger partial charge in [0.25, 0.3) is 0 Å². The van der Waals surface area contributed by atoms with E-state index in [0.29, 0.717) is 19.3 Å². The zero-order chi connectivity index (χ0) is 22.9. The van der Waals surface area contributed by atoms with Gasteiger partial charge < -0.3 is 20.1 Å². The third kappa shape index (κ3) is 3.95. The number of amides is 2. The number of carbonyl (C=O) groups excluding carboxylic acids is 2. The van der Waals surface area contributed by atoms with Crippen LogP contribution in [0.5, 0.6) is 0 Å². The lowest BCUT2D eigenvalue weighted by molar-refractivity contribution is -0.151. The lowest BCUT2D eigenvalue weighted by Crippen LogP contribution is -2.47. The SMILES string of the molecule is CC[C@H](CC(=O)N(C)C1(C(=O)O)CC1)NC(=O)OCC1c2ccccc2-c2ccccc21. The lowest BCUT2D eigenvalue weighted by Gasteiger charge is -2.26. The van der Waals surface area contributed by atoms with Crippen molar-refractivity contribution in [3.05, 3.63) is 59.7 Å². The van der Waals surface area contributed by atoms with Gasteiger partial charge in [-0.25, -0.2) is 9.59 Å². The molecular formula is C25H28N2O5. The topological polar surface area (TPSA) is 95.9 Å². The maximum Gasteiger partial charge on any atom is 0.407 e. The fraction of sp³-hybridized carbons (Fsp3) is 0.400. The van der Waals surface area contributed by atoms with E-state index >= 15 is 0 Å². The predicted octanol–water partition coefficient (Wildman–Crippen LogP) is 3.77. The number of hydrogen-bond acceptors (Lipinski definition) is 4. The summed E-state index contributed by atoms with van der Waals surface area (Å²) < 4.78 is 5.56. The molecule has 0 saturated heterocycles. The van der Waals surface area contributed by atoms with E-state index in [0.717, 1.165) is 22.3 Å². The number of hydrogen-bond donors (Lipinski definition) is 2. The van der Waals surface area contributed by atoms with Crippen molar-refractivity contribution in [2.24, 2.45) is 0 Å². The van der Waals surface area contributed by atoms with Crippen LogP contribution in [0, 0.1) is 0 Å². The molecule has 0 heterocycles. The minimum absolute atomic E-state index is 0.0340. The van der Waals surface area contributed by atoms with Gasteiger partial charge in [-0.1, -0.05) is 55.5 Å². The molecule has 2 aliphatic rings. The maximum atomic E-state index is 12.6. The highest BCUT2D eigenvalue weighted by Crippen LogP contribution is 2.44. The molecule has 0 bridgehead atoms. The molecule has 1 atom stereocenters. The van der Waals surface area contributed by atoms with E-state index in [-0.39, 0.29) is 24.9 Å². The minimum atomic E-state index is -1.08. The molecular weight excluding hydrogens is 408 g/mol. The Bertz CT molecular complexity index is 1000. The van der Waals surface area contributed by atoms with Gasteiger partial charge in [0.1, 0.15) is 12.1 Å². The van der Waals surface area contributed by atoms with Crippen LogP contribution in [0.2, 0.25) is 0 Å². The lowest BCUT2D eigenvalue weighted by atomic mass is 9.98. The molecule has 7 heteroatoms. The first kappa shape index (κ1) is 21.9. The second-order valence-electron chi connectivity index (χ2n) is 8.57. The largest absolute Gasteiger partial charge is 0.479 e. The molecule has 168 valence electrons. The normalized spacial score (nSPS) is 16.4. The molecule has 0 spiro atoms. The first-order valence-electron chi connectivity index (χ1n) is 11.0. The van der Waals surface area contributed by atoms with Crippen molar-refractivity contribution in [1.82, 2.24) is 10.2 Å². The Morgan fingerprint density at radius 1 is 1.09 bits per heavy atom. The van der Waals surface area contributed by atoms with Crippen molar-refractivity contribution in [3.63, 3.8) is 0 Å². The Hall–Kier alpha value is -3.35. The molecule has 2 N–H and O–H groups in total. The van der Waals surface area contributed by atoms with Crippen LogP contribution in [0.1, 0.15) is 49.7 Å². The highest BCUT2D eigenvalue weighted by molar-refractivity contribution is 5.89. The Morgan fingerprint density at radius 3 is 2.16 bits per heavy atom. The van der Waals surface area contributed by atoms with Crippen LogP contribution in [-0.4, -0.2) is 53.2 Å². The predicted molar refractivity (Wildman–Crippen MR) is 119 cm³/mol. The summed E-state index contributed by atoms with van der Waals surface area (Å²) in [6.07, 6.45) is 0.909. The number of ether oxygens (including phenoxy) is 1. The maximum absolute atomic E-state index is 12.6. The van der Waals surface area contributed by atoms with Gasteiger partial charge in [0.05, 0.1) is 0 Å². The number of rotatable bonds is 8. The molecule has 2 aliphatic carbocycles. The molecule has 2 aromatic carbocycles. The number of alkyl carbamates (subject to hydrolysis) is 1. The van der Waals surface area contributed by atoms with Crippen molar-refractivity contribution in [2.75, 3.05) is 13.7 Å². The van der Waals surface area contributed by atoms with E-state index in [1.165, 1.54) is 11.9 Å². The van der Waals surface area contributed by atoms with Crippen LogP contribution in [-0.2, 0) is 14.3 Å². The van der Waals surface area contributed by atoms with Gasteiger partial charge in [0.15, 0.2) is 0 Å². The summed E-state index contributed by atoms with van der Waals surface area (Å²) in [5.74, 6) is -1.31. The van der Waals surface area contributed by atoms with Crippen molar-refractivity contribution in [1.29, 1.82) is 0 Å². The number of carbonyl (C=O) groups is 3. The van der Waals surface area contributed by atoms with Crippen LogP contribution in [0.25, 0.3) is 11.1 Å². The number of nitrogens with one attached hydrogen (secondary N) is 1. The van der Waals surface area contributed by atoms with Crippen molar-refractivity contribution < 1.29 is 24.2 Å². The Morgan fingerprint density at radius 2 is 1.66 bits per heavy atom. The van der Waals surface area contributed by atoms with Gasteiger partial charge >= 0.3 is 12.1 Å². The summed E-state index contributed by atoms with van der Waals surface area (Å²) in [6, 6.07) is 15.8. The van der Waals surface area contributed by atoms with E-state index in [1.54, 1.807) is 0 Å². The summed E-state index contributed by atoms with van der Waals surface area (Å²) in [4.78, 5) is 37.9. The highest BCUT2D eigenvalue weighted by Gasteiger charge is 2.55. The van der Waals surface area contributed by atoms with E-state index in [2.05, 4.69) is 29.6 Å². The Labute approximate surface area is 187 Å². The quantitative estimate of drug-likeness (QED) is 0.657. The van der Waals surface area contributed by atoms with E-state index in [9.17, 15) is 19.5 Å². The Balaban J connectivity index is 1.35. The van der Waals surface area contributed by atoms with Crippen LogP contribution in [0.15, 0.2) is 48.5 Å². The number of aliphatic carboxylic acids is 1. The molecule has 0 aromatic heterocycles. The van der Waals surface area contributed by atoms with Crippen LogP contribution >= 0.6 is 0 Å². The van der Waals surface area contributed by atoms with Gasteiger partial charge in [0, 0.05) is 25.4 Å². The van der Waals surface area contributed by atoms with Gasteiger partial charge in [0.2, 0.25) is 5.91 Å². The van der Waals surface area contributed by atoms with Gasteiger partial charge in [-0.3, -0.25) is 4.79 Å². The molecule has 7 nitrogen and oxygen atoms in total. The minimum Gasteiger partial charge on any atom is -0.479 e. The summed E-state index contributed by atoms with van der Waals surface area (Å²) >= 11 is 0. The van der Waals surface area contributed by atoms with E-state index in [1.807, 2.05) is 31.2 Å². The fourth-order valence-corrected chi connectivity index (χ4v) is 4.50. The number of likely N-dealkylation sites (N-methyl/N-ethyl adjacent to an activating group) is 1. The van der Waals surface area contributed by atoms with E-state index < -0.39 is 23.6 Å². The van der Waals surface area contributed by atoms with Crippen molar-refractivity contribution in [3.8, 4) is 11.1 Å².